The summed E-state index contributed by atoms with van der Waals surface area (Å²) < 4.78 is 0. The average Bonchev–Trinajstić information content (AvgIpc) is 2.05. The summed E-state index contributed by atoms with van der Waals surface area (Å²) in [7, 11) is 0. The normalized spacial score (nSPS) is 11.4. The van der Waals surface area contributed by atoms with Crippen molar-refractivity contribution in [3.8, 4) is 0 Å². The first-order valence-corrected chi connectivity index (χ1v) is 3.49. The van der Waals surface area contributed by atoms with Crippen LogP contribution in [-0.4, -0.2) is 11.1 Å². The van der Waals surface area contributed by atoms with Crippen molar-refractivity contribution < 1.29 is 9.90 Å². The van der Waals surface area contributed by atoms with Gasteiger partial charge < -0.3 is 5.11 Å². The summed E-state index contributed by atoms with van der Waals surface area (Å²) in [6.45, 7) is 1.68. The van der Waals surface area contributed by atoms with Crippen LogP contribution in [0.25, 0.3) is 0 Å². The van der Waals surface area contributed by atoms with E-state index in [-0.39, 0.29) is 7.43 Å². The standard InChI is InChI=1S/C9H10O2.CH4/c1-7(9(10)11)8-5-3-2-4-6-8;/h2-7H,1H3,(H,10,11);1H4/t7-;/m1./s1. The Morgan fingerprint density at radius 1 is 1.33 bits per heavy atom. The van der Waals surface area contributed by atoms with E-state index in [0.717, 1.165) is 5.56 Å². The summed E-state index contributed by atoms with van der Waals surface area (Å²) in [6, 6.07) is 9.19. The first-order valence-electron chi connectivity index (χ1n) is 3.49. The Bertz CT molecular complexity index is 241. The highest BCUT2D eigenvalue weighted by Gasteiger charge is 2.11. The van der Waals surface area contributed by atoms with Gasteiger partial charge in [-0.25, -0.2) is 0 Å². The van der Waals surface area contributed by atoms with Crippen molar-refractivity contribution in [2.24, 2.45) is 0 Å². The van der Waals surface area contributed by atoms with Crippen LogP contribution in [0.15, 0.2) is 30.3 Å². The molecule has 1 aromatic rings. The molecule has 0 amide bonds. The molecule has 0 aromatic heterocycles. The molecule has 0 bridgehead atoms. The van der Waals surface area contributed by atoms with E-state index in [9.17, 15) is 4.79 Å². The number of aliphatic carboxylic acids is 1. The van der Waals surface area contributed by atoms with Gasteiger partial charge in [0.05, 0.1) is 5.92 Å². The van der Waals surface area contributed by atoms with E-state index in [2.05, 4.69) is 0 Å². The summed E-state index contributed by atoms with van der Waals surface area (Å²) in [4.78, 5) is 10.5. The maximum atomic E-state index is 10.5. The Balaban J connectivity index is 0.00000121. The lowest BCUT2D eigenvalue weighted by Crippen LogP contribution is -2.06. The number of carbonyl (C=O) groups is 1. The molecule has 2 nitrogen and oxygen atoms in total. The molecule has 0 unspecified atom stereocenters. The monoisotopic (exact) mass is 166 g/mol. The highest BCUT2D eigenvalue weighted by atomic mass is 16.4. The fourth-order valence-corrected chi connectivity index (χ4v) is 0.884. The molecule has 1 rings (SSSR count). The molecule has 1 atom stereocenters. The van der Waals surface area contributed by atoms with Gasteiger partial charge in [-0.3, -0.25) is 4.79 Å². The molecule has 1 aromatic carbocycles. The Kier molecular flexibility index (Phi) is 4.05. The Morgan fingerprint density at radius 3 is 2.25 bits per heavy atom. The third kappa shape index (κ3) is 2.38. The summed E-state index contributed by atoms with van der Waals surface area (Å²) >= 11 is 0. The molecule has 0 saturated carbocycles. The first-order chi connectivity index (χ1) is 5.22. The lowest BCUT2D eigenvalue weighted by Gasteiger charge is -2.04. The quantitative estimate of drug-likeness (QED) is 0.733. The lowest BCUT2D eigenvalue weighted by atomic mass is 10.0. The summed E-state index contributed by atoms with van der Waals surface area (Å²) in [5.41, 5.74) is 0.847. The van der Waals surface area contributed by atoms with E-state index >= 15 is 0 Å². The zero-order valence-corrected chi connectivity index (χ0v) is 6.32. The predicted molar refractivity (Wildman–Crippen MR) is 49.2 cm³/mol. The first kappa shape index (κ1) is 10.7. The van der Waals surface area contributed by atoms with Crippen LogP contribution in [0.2, 0.25) is 0 Å². The minimum Gasteiger partial charge on any atom is -0.481 e. The van der Waals surface area contributed by atoms with Gasteiger partial charge in [-0.1, -0.05) is 37.8 Å². The molecule has 0 saturated heterocycles. The van der Waals surface area contributed by atoms with E-state index in [1.54, 1.807) is 6.92 Å². The number of benzene rings is 1. The molecule has 0 radical (unpaired) electrons. The summed E-state index contributed by atoms with van der Waals surface area (Å²) in [6.07, 6.45) is 0. The van der Waals surface area contributed by atoms with Crippen LogP contribution in [-0.2, 0) is 4.79 Å². The second kappa shape index (κ2) is 4.54. The van der Waals surface area contributed by atoms with Gasteiger partial charge >= 0.3 is 5.97 Å². The van der Waals surface area contributed by atoms with Crippen LogP contribution in [0.5, 0.6) is 0 Å². The minimum absolute atomic E-state index is 0. The molecule has 0 aliphatic carbocycles. The fraction of sp³-hybridized carbons (Fsp3) is 0.300. The van der Waals surface area contributed by atoms with Gasteiger partial charge in [0.1, 0.15) is 0 Å². The van der Waals surface area contributed by atoms with E-state index < -0.39 is 11.9 Å². The molecule has 2 heteroatoms. The van der Waals surface area contributed by atoms with Crippen molar-refractivity contribution in [2.45, 2.75) is 20.3 Å². The van der Waals surface area contributed by atoms with Crippen molar-refractivity contribution >= 4 is 5.97 Å². The van der Waals surface area contributed by atoms with E-state index in [1.807, 2.05) is 30.3 Å². The van der Waals surface area contributed by atoms with E-state index in [0.29, 0.717) is 0 Å². The molecule has 0 fully saturated rings. The maximum Gasteiger partial charge on any atom is 0.310 e. The molecule has 0 aliphatic heterocycles. The zero-order chi connectivity index (χ0) is 8.27. The van der Waals surface area contributed by atoms with Crippen molar-refractivity contribution in [3.05, 3.63) is 35.9 Å². The third-order valence-electron chi connectivity index (χ3n) is 1.67. The highest BCUT2D eigenvalue weighted by molar-refractivity contribution is 5.75. The molecule has 0 heterocycles. The SMILES string of the molecule is C.C[C@@H](C(=O)O)c1ccccc1. The summed E-state index contributed by atoms with van der Waals surface area (Å²) in [5.74, 6) is -1.19. The topological polar surface area (TPSA) is 37.3 Å². The minimum atomic E-state index is -0.781. The van der Waals surface area contributed by atoms with Gasteiger partial charge in [0.15, 0.2) is 0 Å². The second-order valence-electron chi connectivity index (χ2n) is 2.47. The molecular weight excluding hydrogens is 152 g/mol. The highest BCUT2D eigenvalue weighted by Crippen LogP contribution is 2.13. The largest absolute Gasteiger partial charge is 0.481 e. The second-order valence-corrected chi connectivity index (χ2v) is 2.47. The number of carboxylic acid groups (broad SMARTS) is 1. The number of rotatable bonds is 2. The molecule has 1 N–H and O–H groups in total. The molecule has 0 aliphatic rings. The van der Waals surface area contributed by atoms with Crippen LogP contribution < -0.4 is 0 Å². The Labute approximate surface area is 72.9 Å². The summed E-state index contributed by atoms with van der Waals surface area (Å²) in [5, 5.41) is 8.64. The van der Waals surface area contributed by atoms with Gasteiger partial charge in [0, 0.05) is 0 Å². The van der Waals surface area contributed by atoms with Crippen molar-refractivity contribution in [3.63, 3.8) is 0 Å². The molecule has 0 spiro atoms. The molecular formula is C10H14O2. The van der Waals surface area contributed by atoms with E-state index in [4.69, 9.17) is 5.11 Å². The molecule has 12 heavy (non-hydrogen) atoms. The Hall–Kier alpha value is -1.31. The van der Waals surface area contributed by atoms with Crippen molar-refractivity contribution in [1.29, 1.82) is 0 Å². The third-order valence-corrected chi connectivity index (χ3v) is 1.67. The number of carboxylic acids is 1. The average molecular weight is 166 g/mol. The van der Waals surface area contributed by atoms with Gasteiger partial charge in [-0.15, -0.1) is 0 Å². The smallest absolute Gasteiger partial charge is 0.310 e. The fourth-order valence-electron chi connectivity index (χ4n) is 0.884. The van der Waals surface area contributed by atoms with Gasteiger partial charge in [-0.05, 0) is 12.5 Å². The van der Waals surface area contributed by atoms with Gasteiger partial charge in [0.25, 0.3) is 0 Å². The number of hydrogen-bond donors (Lipinski definition) is 1. The van der Waals surface area contributed by atoms with E-state index in [1.165, 1.54) is 0 Å². The molecule has 66 valence electrons. The predicted octanol–water partition coefficient (Wildman–Crippen LogP) is 2.51. The van der Waals surface area contributed by atoms with Crippen LogP contribution in [0, 0.1) is 0 Å². The van der Waals surface area contributed by atoms with Crippen LogP contribution >= 0.6 is 0 Å². The van der Waals surface area contributed by atoms with Gasteiger partial charge in [0.2, 0.25) is 0 Å². The lowest BCUT2D eigenvalue weighted by molar-refractivity contribution is -0.138. The van der Waals surface area contributed by atoms with Crippen molar-refractivity contribution in [1.82, 2.24) is 0 Å². The van der Waals surface area contributed by atoms with Crippen LogP contribution in [0.3, 0.4) is 0 Å². The Morgan fingerprint density at radius 2 is 1.83 bits per heavy atom. The maximum absolute atomic E-state index is 10.5. The van der Waals surface area contributed by atoms with Crippen LogP contribution in [0.1, 0.15) is 25.8 Å². The van der Waals surface area contributed by atoms with Crippen molar-refractivity contribution in [2.75, 3.05) is 0 Å². The van der Waals surface area contributed by atoms with Gasteiger partial charge in [-0.2, -0.15) is 0 Å². The van der Waals surface area contributed by atoms with Crippen LogP contribution in [0.4, 0.5) is 0 Å². The number of hydrogen-bond acceptors (Lipinski definition) is 1. The zero-order valence-electron chi connectivity index (χ0n) is 6.32.